The van der Waals surface area contributed by atoms with Crippen LogP contribution in [0, 0.1) is 17.1 Å². The minimum Gasteiger partial charge on any atom is -0.406 e. The van der Waals surface area contributed by atoms with Gasteiger partial charge in [0.2, 0.25) is 0 Å². The lowest BCUT2D eigenvalue weighted by Crippen LogP contribution is -2.48. The van der Waals surface area contributed by atoms with Gasteiger partial charge in [0.25, 0.3) is 5.91 Å². The van der Waals surface area contributed by atoms with Crippen molar-refractivity contribution in [2.45, 2.75) is 31.6 Å². The van der Waals surface area contributed by atoms with E-state index in [-0.39, 0.29) is 5.56 Å². The number of rotatable bonds is 7. The topological polar surface area (TPSA) is 71.3 Å². The number of benzene rings is 2. The van der Waals surface area contributed by atoms with Gasteiger partial charge in [0.15, 0.2) is 0 Å². The minimum atomic E-state index is -4.91. The molecule has 0 saturated heterocycles. The molecule has 172 valence electrons. The van der Waals surface area contributed by atoms with Crippen molar-refractivity contribution < 1.29 is 45.0 Å². The van der Waals surface area contributed by atoms with Gasteiger partial charge < -0.3 is 14.8 Å². The van der Waals surface area contributed by atoms with Crippen LogP contribution in [0.15, 0.2) is 42.5 Å². The molecule has 1 atom stereocenters. The summed E-state index contributed by atoms with van der Waals surface area (Å²) in [4.78, 5) is 12.3. The summed E-state index contributed by atoms with van der Waals surface area (Å²) in [6.45, 7) is -0.0240. The normalized spacial score (nSPS) is 13.7. The van der Waals surface area contributed by atoms with Gasteiger partial charge in [-0.3, -0.25) is 4.79 Å². The van der Waals surface area contributed by atoms with Crippen LogP contribution in [0.3, 0.4) is 0 Å². The first-order chi connectivity index (χ1) is 14.7. The van der Waals surface area contributed by atoms with Crippen molar-refractivity contribution in [3.63, 3.8) is 0 Å². The SMILES string of the molecule is CC(C#N)(COCc1cc(F)ccc1C(F)(F)F)NC(=O)c1ccc(OC(F)(F)F)cc1. The number of carbonyl (C=O) groups is 1. The summed E-state index contributed by atoms with van der Waals surface area (Å²) in [7, 11) is 0. The summed E-state index contributed by atoms with van der Waals surface area (Å²) >= 11 is 0. The van der Waals surface area contributed by atoms with E-state index in [1.807, 2.05) is 0 Å². The summed E-state index contributed by atoms with van der Waals surface area (Å²) in [5.41, 5.74) is -3.41. The minimum absolute atomic E-state index is 0.106. The van der Waals surface area contributed by atoms with E-state index in [0.717, 1.165) is 24.3 Å². The van der Waals surface area contributed by atoms with Gasteiger partial charge in [0.1, 0.15) is 17.1 Å². The average Bonchev–Trinajstić information content (AvgIpc) is 2.66. The molecule has 1 amide bonds. The lowest BCUT2D eigenvalue weighted by molar-refractivity contribution is -0.274. The zero-order chi connectivity index (χ0) is 24.2. The highest BCUT2D eigenvalue weighted by Gasteiger charge is 2.34. The summed E-state index contributed by atoms with van der Waals surface area (Å²) in [6.07, 6.45) is -9.66. The number of hydrogen-bond donors (Lipinski definition) is 1. The van der Waals surface area contributed by atoms with Gasteiger partial charge in [0.05, 0.1) is 24.8 Å². The zero-order valence-corrected chi connectivity index (χ0v) is 16.3. The van der Waals surface area contributed by atoms with Crippen LogP contribution in [0.5, 0.6) is 5.75 Å². The highest BCUT2D eigenvalue weighted by Crippen LogP contribution is 2.32. The second kappa shape index (κ2) is 9.44. The molecule has 0 aliphatic rings. The molecule has 2 rings (SSSR count). The standard InChI is InChI=1S/C20H15F7N2O3/c1-18(10-28,11-31-9-13-8-14(21)4-7-16(13)19(22,23)24)29-17(30)12-2-5-15(6-3-12)32-20(25,26)27/h2-8H,9,11H2,1H3,(H,29,30). The fourth-order valence-corrected chi connectivity index (χ4v) is 2.55. The molecule has 0 heterocycles. The summed E-state index contributed by atoms with van der Waals surface area (Å²) < 4.78 is 97.8. The van der Waals surface area contributed by atoms with Crippen molar-refractivity contribution in [3.05, 3.63) is 65.0 Å². The number of nitrogens with one attached hydrogen (secondary N) is 1. The van der Waals surface area contributed by atoms with E-state index in [1.54, 1.807) is 6.07 Å². The maximum atomic E-state index is 13.3. The molecule has 0 aliphatic heterocycles. The molecule has 5 nitrogen and oxygen atoms in total. The van der Waals surface area contributed by atoms with E-state index in [4.69, 9.17) is 4.74 Å². The van der Waals surface area contributed by atoms with Crippen LogP contribution in [0.2, 0.25) is 0 Å². The molecule has 2 aromatic carbocycles. The zero-order valence-electron chi connectivity index (χ0n) is 16.3. The van der Waals surface area contributed by atoms with E-state index in [1.165, 1.54) is 6.92 Å². The number of amides is 1. The number of alkyl halides is 6. The largest absolute Gasteiger partial charge is 0.573 e. The van der Waals surface area contributed by atoms with E-state index in [0.29, 0.717) is 18.2 Å². The number of ether oxygens (including phenoxy) is 2. The monoisotopic (exact) mass is 464 g/mol. The predicted molar refractivity (Wildman–Crippen MR) is 95.7 cm³/mol. The molecule has 0 aliphatic carbocycles. The Labute approximate surface area is 177 Å². The quantitative estimate of drug-likeness (QED) is 0.588. The predicted octanol–water partition coefficient (Wildman–Crippen LogP) is 4.97. The summed E-state index contributed by atoms with van der Waals surface area (Å²) in [5.74, 6) is -2.32. The van der Waals surface area contributed by atoms with Gasteiger partial charge in [-0.25, -0.2) is 4.39 Å². The van der Waals surface area contributed by atoms with Crippen molar-refractivity contribution in [2.24, 2.45) is 0 Å². The first-order valence-corrected chi connectivity index (χ1v) is 8.75. The second-order valence-electron chi connectivity index (χ2n) is 6.76. The Hall–Kier alpha value is -3.33. The molecule has 0 fully saturated rings. The van der Waals surface area contributed by atoms with Gasteiger partial charge in [-0.15, -0.1) is 13.2 Å². The molecule has 0 saturated carbocycles. The fraction of sp³-hybridized carbons (Fsp3) is 0.300. The van der Waals surface area contributed by atoms with Crippen LogP contribution in [0.25, 0.3) is 0 Å². The van der Waals surface area contributed by atoms with Gasteiger partial charge in [0, 0.05) is 5.56 Å². The van der Waals surface area contributed by atoms with E-state index >= 15 is 0 Å². The fourth-order valence-electron chi connectivity index (χ4n) is 2.55. The third-order valence-corrected chi connectivity index (χ3v) is 4.01. The molecule has 32 heavy (non-hydrogen) atoms. The highest BCUT2D eigenvalue weighted by molar-refractivity contribution is 5.95. The molecule has 0 radical (unpaired) electrons. The van der Waals surface area contributed by atoms with Crippen molar-refractivity contribution in [1.29, 1.82) is 5.26 Å². The molecule has 0 bridgehead atoms. The van der Waals surface area contributed by atoms with Crippen LogP contribution in [-0.2, 0) is 17.5 Å². The molecule has 1 N–H and O–H groups in total. The van der Waals surface area contributed by atoms with Crippen LogP contribution in [0.4, 0.5) is 30.7 Å². The number of nitriles is 1. The molecule has 0 spiro atoms. The smallest absolute Gasteiger partial charge is 0.406 e. The van der Waals surface area contributed by atoms with Crippen molar-refractivity contribution in [1.82, 2.24) is 5.32 Å². The Kier molecular flexibility index (Phi) is 7.35. The Bertz CT molecular complexity index is 998. The molecular weight excluding hydrogens is 449 g/mol. The molecule has 0 aromatic heterocycles. The third kappa shape index (κ3) is 7.12. The maximum Gasteiger partial charge on any atom is 0.573 e. The molecule has 2 aromatic rings. The first-order valence-electron chi connectivity index (χ1n) is 8.75. The molecular formula is C20H15F7N2O3. The Morgan fingerprint density at radius 3 is 2.22 bits per heavy atom. The van der Waals surface area contributed by atoms with Gasteiger partial charge in [-0.1, -0.05) is 0 Å². The van der Waals surface area contributed by atoms with Crippen molar-refractivity contribution in [3.8, 4) is 11.8 Å². The summed E-state index contributed by atoms with van der Waals surface area (Å²) in [5, 5.41) is 11.6. The van der Waals surface area contributed by atoms with Crippen LogP contribution in [-0.4, -0.2) is 24.4 Å². The number of carbonyl (C=O) groups excluding carboxylic acids is 1. The van der Waals surface area contributed by atoms with Crippen molar-refractivity contribution in [2.75, 3.05) is 6.61 Å². The van der Waals surface area contributed by atoms with Crippen molar-refractivity contribution >= 4 is 5.91 Å². The average molecular weight is 464 g/mol. The Morgan fingerprint density at radius 1 is 1.06 bits per heavy atom. The second-order valence-corrected chi connectivity index (χ2v) is 6.76. The number of nitrogens with zero attached hydrogens (tertiary/aromatic N) is 1. The van der Waals surface area contributed by atoms with Crippen LogP contribution in [0.1, 0.15) is 28.4 Å². The summed E-state index contributed by atoms with van der Waals surface area (Å²) in [6, 6.07) is 7.44. The first kappa shape index (κ1) is 24.9. The Morgan fingerprint density at radius 2 is 1.69 bits per heavy atom. The van der Waals surface area contributed by atoms with Gasteiger partial charge in [-0.05, 0) is 55.0 Å². The van der Waals surface area contributed by atoms with Gasteiger partial charge in [-0.2, -0.15) is 18.4 Å². The molecule has 1 unspecified atom stereocenters. The molecule has 12 heteroatoms. The van der Waals surface area contributed by atoms with Crippen LogP contribution >= 0.6 is 0 Å². The number of halogens is 7. The number of hydrogen-bond acceptors (Lipinski definition) is 4. The van der Waals surface area contributed by atoms with E-state index in [2.05, 4.69) is 10.1 Å². The van der Waals surface area contributed by atoms with Gasteiger partial charge >= 0.3 is 12.5 Å². The lowest BCUT2D eigenvalue weighted by atomic mass is 10.0. The third-order valence-electron chi connectivity index (χ3n) is 4.01. The van der Waals surface area contributed by atoms with E-state index < -0.39 is 59.9 Å². The maximum absolute atomic E-state index is 13.3. The van der Waals surface area contributed by atoms with E-state index in [9.17, 15) is 40.8 Å². The Balaban J connectivity index is 2.03. The highest BCUT2D eigenvalue weighted by atomic mass is 19.4. The lowest BCUT2D eigenvalue weighted by Gasteiger charge is -2.23. The van der Waals surface area contributed by atoms with Crippen LogP contribution < -0.4 is 10.1 Å².